The van der Waals surface area contributed by atoms with Gasteiger partial charge in [-0.05, 0) is 37.0 Å². The van der Waals surface area contributed by atoms with Gasteiger partial charge in [-0.3, -0.25) is 0 Å². The van der Waals surface area contributed by atoms with E-state index in [1.165, 1.54) is 0 Å². The first-order chi connectivity index (χ1) is 12.1. The fraction of sp³-hybridized carbons (Fsp3) is 0.130. The van der Waals surface area contributed by atoms with E-state index in [1.54, 1.807) is 6.08 Å². The van der Waals surface area contributed by atoms with Gasteiger partial charge in [-0.25, -0.2) is 0 Å². The van der Waals surface area contributed by atoms with Gasteiger partial charge in [0.2, 0.25) is 0 Å². The Balaban J connectivity index is 0.000000258. The number of rotatable bonds is 3. The minimum Gasteiger partial charge on any atom is -0.875 e. The third-order valence-corrected chi connectivity index (χ3v) is 3.56. The largest absolute Gasteiger partial charge is 2.00 e. The molecule has 1 aromatic rings. The van der Waals surface area contributed by atoms with E-state index >= 15 is 0 Å². The third-order valence-electron chi connectivity index (χ3n) is 3.56. The van der Waals surface area contributed by atoms with Crippen LogP contribution in [0, 0.1) is 0 Å². The van der Waals surface area contributed by atoms with Crippen LogP contribution in [-0.4, -0.2) is 0 Å². The van der Waals surface area contributed by atoms with Crippen molar-refractivity contribution in [3.63, 3.8) is 0 Å². The van der Waals surface area contributed by atoms with E-state index in [4.69, 9.17) is 0 Å². The minimum atomic E-state index is 0. The Morgan fingerprint density at radius 1 is 0.808 bits per heavy atom. The normalized spacial score (nSPS) is 13.2. The molecule has 0 spiro atoms. The average molecular weight is 386 g/mol. The monoisotopic (exact) mass is 386 g/mol. The van der Waals surface area contributed by atoms with Gasteiger partial charge in [-0.2, -0.15) is 0 Å². The van der Waals surface area contributed by atoms with Gasteiger partial charge in [-0.15, -0.1) is 11.5 Å². The molecule has 0 bridgehead atoms. The Kier molecular flexibility index (Phi) is 9.29. The van der Waals surface area contributed by atoms with E-state index in [9.17, 15) is 10.2 Å². The van der Waals surface area contributed by atoms with E-state index in [-0.39, 0.29) is 28.6 Å². The van der Waals surface area contributed by atoms with Gasteiger partial charge in [0, 0.05) is 0 Å². The predicted molar refractivity (Wildman–Crippen MR) is 100 cm³/mol. The first-order valence-corrected chi connectivity index (χ1v) is 8.26. The van der Waals surface area contributed by atoms with Gasteiger partial charge < -0.3 is 10.2 Å². The number of benzene rings is 1. The minimum absolute atomic E-state index is 0. The summed E-state index contributed by atoms with van der Waals surface area (Å²) in [5.41, 5.74) is 3.68. The van der Waals surface area contributed by atoms with Gasteiger partial charge in [0.25, 0.3) is 0 Å². The molecule has 2 aliphatic carbocycles. The number of allylic oxidation sites excluding steroid dienone is 13. The first-order valence-electron chi connectivity index (χ1n) is 8.26. The molecule has 0 N–H and O–H groups in total. The molecular weight excluding hydrogens is 364 g/mol. The Morgan fingerprint density at radius 2 is 1.31 bits per heavy atom. The molecule has 0 aliphatic heterocycles. The summed E-state index contributed by atoms with van der Waals surface area (Å²) in [6.07, 6.45) is 17.0. The second-order valence-electron chi connectivity index (χ2n) is 6.02. The summed E-state index contributed by atoms with van der Waals surface area (Å²) in [5, 5.41) is 22.9. The van der Waals surface area contributed by atoms with Crippen LogP contribution in [0.4, 0.5) is 0 Å². The van der Waals surface area contributed by atoms with Crippen molar-refractivity contribution in [2.24, 2.45) is 0 Å². The van der Waals surface area contributed by atoms with Crippen LogP contribution in [0.1, 0.15) is 19.4 Å². The van der Waals surface area contributed by atoms with Gasteiger partial charge in [0.1, 0.15) is 0 Å². The molecule has 0 heterocycles. The average Bonchev–Trinajstić information content (AvgIpc) is 3.30. The molecule has 26 heavy (non-hydrogen) atoms. The molecule has 2 nitrogen and oxygen atoms in total. The van der Waals surface area contributed by atoms with Crippen molar-refractivity contribution in [3.8, 4) is 0 Å². The molecule has 0 saturated carbocycles. The number of hydrogen-bond donors (Lipinski definition) is 0. The maximum absolute atomic E-state index is 11.7. The van der Waals surface area contributed by atoms with E-state index in [0.29, 0.717) is 6.42 Å². The van der Waals surface area contributed by atoms with Crippen molar-refractivity contribution in [3.05, 3.63) is 119 Å². The molecule has 134 valence electrons. The molecule has 0 atom stereocenters. The fourth-order valence-corrected chi connectivity index (χ4v) is 2.33. The maximum Gasteiger partial charge on any atom is 2.00 e. The zero-order chi connectivity index (χ0) is 18.1. The molecule has 0 saturated heterocycles. The quantitative estimate of drug-likeness (QED) is 0.588. The second kappa shape index (κ2) is 11.2. The molecular formula is C23H22FeO2. The van der Waals surface area contributed by atoms with Crippen LogP contribution in [0.3, 0.4) is 0 Å². The zero-order valence-electron chi connectivity index (χ0n) is 15.0. The Morgan fingerprint density at radius 3 is 1.81 bits per heavy atom. The van der Waals surface area contributed by atoms with Gasteiger partial charge in [0.05, 0.1) is 0 Å². The smallest absolute Gasteiger partial charge is 0.875 e. The molecule has 1 aromatic carbocycles. The molecule has 3 heteroatoms. The van der Waals surface area contributed by atoms with Gasteiger partial charge >= 0.3 is 17.1 Å². The van der Waals surface area contributed by atoms with Crippen LogP contribution >= 0.6 is 0 Å². The predicted octanol–water partition coefficient (Wildman–Crippen LogP) is 3.66. The third kappa shape index (κ3) is 7.18. The molecule has 0 aromatic heterocycles. The van der Waals surface area contributed by atoms with Crippen molar-refractivity contribution < 1.29 is 27.3 Å². The van der Waals surface area contributed by atoms with E-state index in [2.05, 4.69) is 0 Å². The molecule has 0 unspecified atom stereocenters. The van der Waals surface area contributed by atoms with Crippen LogP contribution in [0.25, 0.3) is 0 Å². The topological polar surface area (TPSA) is 46.1 Å². The SMILES string of the molecule is CC(C)=CC([O-])=C1C=CC=C1.[Fe+2].[O-]C(Cc1ccccc1)=C1C=CC=C1. The Bertz CT molecular complexity index is 772. The van der Waals surface area contributed by atoms with Crippen molar-refractivity contribution in [1.82, 2.24) is 0 Å². The van der Waals surface area contributed by atoms with Crippen molar-refractivity contribution in [2.75, 3.05) is 0 Å². The van der Waals surface area contributed by atoms with Crippen molar-refractivity contribution >= 4 is 0 Å². The summed E-state index contributed by atoms with van der Waals surface area (Å²) in [5.74, 6) is 0.274. The van der Waals surface area contributed by atoms with Crippen LogP contribution in [0.2, 0.25) is 0 Å². The first kappa shape index (κ1) is 21.6. The summed E-state index contributed by atoms with van der Waals surface area (Å²) < 4.78 is 0. The van der Waals surface area contributed by atoms with E-state index < -0.39 is 0 Å². The number of hydrogen-bond acceptors (Lipinski definition) is 2. The molecule has 2 aliphatic rings. The summed E-state index contributed by atoms with van der Waals surface area (Å²) in [6.45, 7) is 3.84. The fourth-order valence-electron chi connectivity index (χ4n) is 2.33. The van der Waals surface area contributed by atoms with Crippen molar-refractivity contribution in [2.45, 2.75) is 20.3 Å². The second-order valence-corrected chi connectivity index (χ2v) is 6.02. The van der Waals surface area contributed by atoms with Crippen molar-refractivity contribution in [1.29, 1.82) is 0 Å². The molecule has 0 amide bonds. The molecule has 0 fully saturated rings. The summed E-state index contributed by atoms with van der Waals surface area (Å²) in [7, 11) is 0. The van der Waals surface area contributed by atoms with E-state index in [1.807, 2.05) is 92.8 Å². The Hall–Kier alpha value is -2.48. The van der Waals surface area contributed by atoms with Crippen LogP contribution in [-0.2, 0) is 23.5 Å². The summed E-state index contributed by atoms with van der Waals surface area (Å²) >= 11 is 0. The summed E-state index contributed by atoms with van der Waals surface area (Å²) in [4.78, 5) is 0. The standard InChI is InChI=1S/C13H12O.C10H12O.Fe/c14-13(12-8-4-5-9-12)10-11-6-2-1-3-7-11;1-8(2)7-10(11)9-5-3-4-6-9;/h1-9,14H,10H2;3-7,11H,1-2H3;/q;;+2/p-2. The molecule has 0 radical (unpaired) electrons. The summed E-state index contributed by atoms with van der Waals surface area (Å²) in [6, 6.07) is 9.80. The van der Waals surface area contributed by atoms with Gasteiger partial charge in [-0.1, -0.05) is 90.6 Å². The van der Waals surface area contributed by atoms with E-state index in [0.717, 1.165) is 22.3 Å². The maximum atomic E-state index is 11.7. The van der Waals surface area contributed by atoms with Gasteiger partial charge in [0.15, 0.2) is 0 Å². The van der Waals surface area contributed by atoms with Crippen LogP contribution < -0.4 is 10.2 Å². The Labute approximate surface area is 166 Å². The van der Waals surface area contributed by atoms with Crippen LogP contribution in [0.15, 0.2) is 113 Å². The zero-order valence-corrected chi connectivity index (χ0v) is 16.1. The molecule has 3 rings (SSSR count). The van der Waals surface area contributed by atoms with Crippen LogP contribution in [0.5, 0.6) is 0 Å².